The Labute approximate surface area is 230 Å². The number of carboxylic acid groups (broad SMARTS) is 2. The Bertz CT molecular complexity index is 1180. The zero-order chi connectivity index (χ0) is 29.1. The first kappa shape index (κ1) is 31.2. The van der Waals surface area contributed by atoms with Gasteiger partial charge in [-0.2, -0.15) is 0 Å². The van der Waals surface area contributed by atoms with Crippen LogP contribution in [0.2, 0.25) is 0 Å². The van der Waals surface area contributed by atoms with Crippen LogP contribution >= 0.6 is 0 Å². The molecule has 1 amide bonds. The number of aliphatic carboxylic acids is 2. The van der Waals surface area contributed by atoms with Crippen molar-refractivity contribution in [3.63, 3.8) is 0 Å². The fourth-order valence-electron chi connectivity index (χ4n) is 4.35. The molecule has 9 heteroatoms. The summed E-state index contributed by atoms with van der Waals surface area (Å²) in [5.41, 5.74) is 10.3. The number of nitrogens with zero attached hydrogens (tertiary/aromatic N) is 2. The molecule has 210 valence electrons. The SMILES string of the molecule is CCC(C)C(C)C(CCN)ON=C(C)/C=C1/C(=O)N(c2ccccc2C)C1c1ccccc1.O=C(O)C(=O)O. The van der Waals surface area contributed by atoms with Crippen molar-refractivity contribution >= 4 is 29.2 Å². The average Bonchev–Trinajstić information content (AvgIpc) is 2.93. The van der Waals surface area contributed by atoms with Gasteiger partial charge in [0.25, 0.3) is 5.91 Å². The highest BCUT2D eigenvalue weighted by Gasteiger charge is 2.44. The van der Waals surface area contributed by atoms with E-state index in [2.05, 4.69) is 38.1 Å². The molecule has 2 aromatic carbocycles. The Morgan fingerprint density at radius 2 is 1.67 bits per heavy atom. The van der Waals surface area contributed by atoms with E-state index in [0.717, 1.165) is 35.2 Å². The van der Waals surface area contributed by atoms with Crippen molar-refractivity contribution in [1.82, 2.24) is 0 Å². The van der Waals surface area contributed by atoms with E-state index >= 15 is 0 Å². The van der Waals surface area contributed by atoms with Crippen LogP contribution in [0.5, 0.6) is 0 Å². The summed E-state index contributed by atoms with van der Waals surface area (Å²) in [5.74, 6) is -2.78. The van der Waals surface area contributed by atoms with Gasteiger partial charge < -0.3 is 20.8 Å². The number of hydrogen-bond donors (Lipinski definition) is 3. The van der Waals surface area contributed by atoms with Crippen LogP contribution in [-0.4, -0.2) is 46.4 Å². The topological polar surface area (TPSA) is 143 Å². The van der Waals surface area contributed by atoms with Gasteiger partial charge in [0.15, 0.2) is 0 Å². The van der Waals surface area contributed by atoms with E-state index < -0.39 is 11.9 Å². The fraction of sp³-hybridized carbons (Fsp3) is 0.400. The third-order valence-corrected chi connectivity index (χ3v) is 6.97. The molecule has 1 heterocycles. The van der Waals surface area contributed by atoms with Crippen molar-refractivity contribution in [3.05, 3.63) is 77.4 Å². The van der Waals surface area contributed by atoms with Crippen LogP contribution in [0.3, 0.4) is 0 Å². The van der Waals surface area contributed by atoms with Crippen LogP contribution < -0.4 is 10.6 Å². The molecule has 4 N–H and O–H groups in total. The van der Waals surface area contributed by atoms with E-state index in [0.29, 0.717) is 24.1 Å². The number of carbonyl (C=O) groups is 3. The molecule has 9 nitrogen and oxygen atoms in total. The van der Waals surface area contributed by atoms with Gasteiger partial charge in [-0.05, 0) is 61.9 Å². The van der Waals surface area contributed by atoms with Gasteiger partial charge in [0.05, 0.1) is 11.8 Å². The van der Waals surface area contributed by atoms with E-state index in [1.165, 1.54) is 0 Å². The van der Waals surface area contributed by atoms with Gasteiger partial charge >= 0.3 is 11.9 Å². The number of nitrogens with two attached hydrogens (primary N) is 1. The molecule has 1 aliphatic rings. The van der Waals surface area contributed by atoms with Gasteiger partial charge in [0.2, 0.25) is 0 Å². The molecule has 0 saturated carbocycles. The zero-order valence-corrected chi connectivity index (χ0v) is 23.2. The van der Waals surface area contributed by atoms with Crippen LogP contribution in [0.15, 0.2) is 71.4 Å². The molecule has 39 heavy (non-hydrogen) atoms. The molecular weight excluding hydrogens is 498 g/mol. The summed E-state index contributed by atoms with van der Waals surface area (Å²) in [7, 11) is 0. The second-order valence-corrected chi connectivity index (χ2v) is 9.68. The van der Waals surface area contributed by atoms with Crippen molar-refractivity contribution in [3.8, 4) is 0 Å². The second-order valence-electron chi connectivity index (χ2n) is 9.68. The Hall–Kier alpha value is -3.98. The molecule has 4 unspecified atom stereocenters. The third-order valence-electron chi connectivity index (χ3n) is 6.97. The molecule has 0 aliphatic carbocycles. The molecule has 4 atom stereocenters. The second kappa shape index (κ2) is 14.8. The summed E-state index contributed by atoms with van der Waals surface area (Å²) in [6, 6.07) is 18.0. The average molecular weight is 538 g/mol. The van der Waals surface area contributed by atoms with Crippen molar-refractivity contribution in [2.45, 2.75) is 59.6 Å². The first-order chi connectivity index (χ1) is 18.5. The first-order valence-electron chi connectivity index (χ1n) is 13.1. The number of carbonyl (C=O) groups excluding carboxylic acids is 1. The molecular formula is C30H39N3O6. The molecule has 1 saturated heterocycles. The maximum absolute atomic E-state index is 13.3. The maximum atomic E-state index is 13.3. The molecule has 0 radical (unpaired) electrons. The maximum Gasteiger partial charge on any atom is 0.414 e. The number of aryl methyl sites for hydroxylation is 1. The largest absolute Gasteiger partial charge is 0.473 e. The minimum absolute atomic E-state index is 0.000755. The van der Waals surface area contributed by atoms with Gasteiger partial charge in [-0.25, -0.2) is 9.59 Å². The summed E-state index contributed by atoms with van der Waals surface area (Å²) in [6.45, 7) is 11.1. The molecule has 3 rings (SSSR count). The lowest BCUT2D eigenvalue weighted by molar-refractivity contribution is -0.159. The number of β-lactam (4-membered cyclic amide) rings is 1. The number of carboxylic acids is 2. The molecule has 0 spiro atoms. The Morgan fingerprint density at radius 1 is 1.08 bits per heavy atom. The van der Waals surface area contributed by atoms with Gasteiger partial charge in [-0.3, -0.25) is 9.69 Å². The van der Waals surface area contributed by atoms with E-state index in [1.807, 2.05) is 67.3 Å². The quantitative estimate of drug-likeness (QED) is 0.128. The lowest BCUT2D eigenvalue weighted by atomic mass is 9.86. The van der Waals surface area contributed by atoms with Crippen LogP contribution in [-0.2, 0) is 19.2 Å². The number of anilines is 1. The normalized spacial score (nSPS) is 18.4. The zero-order valence-electron chi connectivity index (χ0n) is 23.2. The van der Waals surface area contributed by atoms with Gasteiger partial charge in [0.1, 0.15) is 6.10 Å². The van der Waals surface area contributed by atoms with Gasteiger partial charge in [-0.1, -0.05) is 80.9 Å². The van der Waals surface area contributed by atoms with Crippen LogP contribution in [0.25, 0.3) is 0 Å². The lowest BCUT2D eigenvalue weighted by Gasteiger charge is -2.43. The minimum atomic E-state index is -1.82. The van der Waals surface area contributed by atoms with Crippen molar-refractivity contribution in [1.29, 1.82) is 0 Å². The molecule has 1 fully saturated rings. The van der Waals surface area contributed by atoms with Crippen LogP contribution in [0.1, 0.15) is 57.7 Å². The highest BCUT2D eigenvalue weighted by Crippen LogP contribution is 2.44. The fourth-order valence-corrected chi connectivity index (χ4v) is 4.35. The van der Waals surface area contributed by atoms with Crippen molar-refractivity contribution in [2.24, 2.45) is 22.7 Å². The number of para-hydroxylation sites is 1. The number of allylic oxidation sites excluding steroid dienone is 1. The summed E-state index contributed by atoms with van der Waals surface area (Å²) in [5, 5.41) is 19.2. The number of amides is 1. The summed E-state index contributed by atoms with van der Waals surface area (Å²) < 4.78 is 0. The highest BCUT2D eigenvalue weighted by molar-refractivity contribution is 6.27. The molecule has 0 aromatic heterocycles. The van der Waals surface area contributed by atoms with E-state index in [4.69, 9.17) is 30.4 Å². The Kier molecular flexibility index (Phi) is 11.9. The predicted molar refractivity (Wildman–Crippen MR) is 151 cm³/mol. The van der Waals surface area contributed by atoms with Gasteiger partial charge in [0, 0.05) is 11.3 Å². The first-order valence-corrected chi connectivity index (χ1v) is 13.1. The Balaban J connectivity index is 0.000000798. The van der Waals surface area contributed by atoms with E-state index in [-0.39, 0.29) is 18.1 Å². The van der Waals surface area contributed by atoms with Crippen molar-refractivity contribution in [2.75, 3.05) is 11.4 Å². The molecule has 1 aliphatic heterocycles. The summed E-state index contributed by atoms with van der Waals surface area (Å²) >= 11 is 0. The van der Waals surface area contributed by atoms with E-state index in [9.17, 15) is 4.79 Å². The third kappa shape index (κ3) is 8.25. The number of oxime groups is 1. The number of rotatable bonds is 10. The monoisotopic (exact) mass is 537 g/mol. The minimum Gasteiger partial charge on any atom is -0.473 e. The number of benzene rings is 2. The Morgan fingerprint density at radius 3 is 2.21 bits per heavy atom. The summed E-state index contributed by atoms with van der Waals surface area (Å²) in [4.78, 5) is 39.3. The smallest absolute Gasteiger partial charge is 0.414 e. The van der Waals surface area contributed by atoms with E-state index in [1.54, 1.807) is 0 Å². The molecule has 2 aromatic rings. The van der Waals surface area contributed by atoms with Crippen LogP contribution in [0.4, 0.5) is 5.69 Å². The highest BCUT2D eigenvalue weighted by atomic mass is 16.6. The molecule has 0 bridgehead atoms. The predicted octanol–water partition coefficient (Wildman–Crippen LogP) is 4.96. The summed E-state index contributed by atoms with van der Waals surface area (Å²) in [6.07, 6.45) is 3.66. The van der Waals surface area contributed by atoms with Crippen LogP contribution in [0, 0.1) is 18.8 Å². The number of hydrogen-bond acceptors (Lipinski definition) is 6. The van der Waals surface area contributed by atoms with Gasteiger partial charge in [-0.15, -0.1) is 0 Å². The standard InChI is InChI=1S/C28H37N3O2.C2H2O4/c1-6-19(2)22(5)26(16-17-29)33-30-21(4)18-24-27(23-13-8-7-9-14-23)31(28(24)32)25-15-11-10-12-20(25)3;3-1(4)2(5)6/h7-15,18-19,22,26-27H,6,16-17,29H2,1-5H3;(H,3,4)(H,5,6)/b24-18+,30-21?;. The lowest BCUT2D eigenvalue weighted by Crippen LogP contribution is -2.49. The van der Waals surface area contributed by atoms with Crippen molar-refractivity contribution < 1.29 is 29.4 Å².